The second-order valence-electron chi connectivity index (χ2n) is 7.11. The molecule has 0 aliphatic carbocycles. The molecule has 122 valence electrons. The molecule has 2 aliphatic heterocycles. The minimum absolute atomic E-state index is 0.237. The van der Waals surface area contributed by atoms with Crippen LogP contribution in [0.4, 0.5) is 0 Å². The van der Waals surface area contributed by atoms with Crippen LogP contribution < -0.4 is 10.6 Å². The van der Waals surface area contributed by atoms with Crippen LogP contribution in [0.25, 0.3) is 0 Å². The van der Waals surface area contributed by atoms with Gasteiger partial charge < -0.3 is 15.5 Å². The van der Waals surface area contributed by atoms with E-state index < -0.39 is 0 Å². The van der Waals surface area contributed by atoms with E-state index >= 15 is 0 Å². The lowest BCUT2D eigenvalue weighted by molar-refractivity contribution is 0.0526. The summed E-state index contributed by atoms with van der Waals surface area (Å²) in [6, 6.07) is 2.09. The van der Waals surface area contributed by atoms with Gasteiger partial charge in [-0.1, -0.05) is 6.42 Å². The highest BCUT2D eigenvalue weighted by Gasteiger charge is 2.36. The van der Waals surface area contributed by atoms with E-state index in [0.29, 0.717) is 6.04 Å². The fourth-order valence-electron chi connectivity index (χ4n) is 3.49. The van der Waals surface area contributed by atoms with Crippen LogP contribution in [-0.2, 0) is 0 Å². The lowest BCUT2D eigenvalue weighted by Crippen LogP contribution is -2.57. The maximum atomic E-state index is 4.40. The van der Waals surface area contributed by atoms with Crippen molar-refractivity contribution in [3.8, 4) is 0 Å². The highest BCUT2D eigenvalue weighted by Crippen LogP contribution is 2.32. The highest BCUT2D eigenvalue weighted by molar-refractivity contribution is 7.99. The SMILES string of the molecule is CN=C(NCC(C)(C)SC)NC1CC2CCCC(C1)N2C. The standard InChI is InChI=1S/C16H32N4S/c1-16(2,21-5)11-18-15(17-3)19-12-9-13-7-6-8-14(10-12)20(13)4/h12-14H,6-11H2,1-5H3,(H2,17,18,19). The molecule has 5 heteroatoms. The van der Waals surface area contributed by atoms with E-state index in [9.17, 15) is 0 Å². The van der Waals surface area contributed by atoms with Crippen LogP contribution in [0.15, 0.2) is 4.99 Å². The summed E-state index contributed by atoms with van der Waals surface area (Å²) in [6.07, 6.45) is 8.78. The van der Waals surface area contributed by atoms with Gasteiger partial charge in [0.05, 0.1) is 0 Å². The Labute approximate surface area is 134 Å². The molecule has 0 saturated carbocycles. The first-order chi connectivity index (χ1) is 9.95. The minimum Gasteiger partial charge on any atom is -0.355 e. The second-order valence-corrected chi connectivity index (χ2v) is 8.62. The summed E-state index contributed by atoms with van der Waals surface area (Å²) in [5, 5.41) is 7.14. The van der Waals surface area contributed by atoms with Gasteiger partial charge in [0.2, 0.25) is 0 Å². The number of nitrogens with zero attached hydrogens (tertiary/aromatic N) is 2. The van der Waals surface area contributed by atoms with E-state index in [1.54, 1.807) is 0 Å². The first kappa shape index (κ1) is 16.9. The fourth-order valence-corrected chi connectivity index (χ4v) is 3.71. The van der Waals surface area contributed by atoms with Crippen LogP contribution in [-0.4, -0.2) is 60.6 Å². The maximum Gasteiger partial charge on any atom is 0.191 e. The van der Waals surface area contributed by atoms with Crippen molar-refractivity contribution in [1.29, 1.82) is 0 Å². The van der Waals surface area contributed by atoms with Crippen LogP contribution in [0.5, 0.6) is 0 Å². The third-order valence-corrected chi connectivity index (χ3v) is 6.39. The van der Waals surface area contributed by atoms with E-state index in [1.165, 1.54) is 32.1 Å². The topological polar surface area (TPSA) is 39.7 Å². The smallest absolute Gasteiger partial charge is 0.191 e. The predicted molar refractivity (Wildman–Crippen MR) is 94.3 cm³/mol. The average Bonchev–Trinajstić information content (AvgIpc) is 2.44. The normalized spacial score (nSPS) is 31.1. The van der Waals surface area contributed by atoms with Crippen LogP contribution in [0.3, 0.4) is 0 Å². The van der Waals surface area contributed by atoms with Crippen molar-refractivity contribution >= 4 is 17.7 Å². The zero-order valence-electron chi connectivity index (χ0n) is 14.3. The monoisotopic (exact) mass is 312 g/mol. The number of fused-ring (bicyclic) bond motifs is 2. The Kier molecular flexibility index (Phi) is 5.83. The van der Waals surface area contributed by atoms with Crippen molar-refractivity contribution in [3.05, 3.63) is 0 Å². The molecule has 2 atom stereocenters. The summed E-state index contributed by atoms with van der Waals surface area (Å²) < 4.78 is 0.237. The van der Waals surface area contributed by atoms with Crippen LogP contribution >= 0.6 is 11.8 Å². The van der Waals surface area contributed by atoms with Crippen molar-refractivity contribution in [2.75, 3.05) is 26.9 Å². The molecule has 0 aromatic rings. The van der Waals surface area contributed by atoms with Gasteiger partial charge in [0.15, 0.2) is 5.96 Å². The molecule has 2 bridgehead atoms. The lowest BCUT2D eigenvalue weighted by atomic mass is 9.82. The van der Waals surface area contributed by atoms with Crippen LogP contribution in [0, 0.1) is 0 Å². The Hall–Kier alpha value is -0.420. The Morgan fingerprint density at radius 3 is 2.43 bits per heavy atom. The summed E-state index contributed by atoms with van der Waals surface area (Å²) in [5.41, 5.74) is 0. The third-order valence-electron chi connectivity index (χ3n) is 5.14. The Morgan fingerprint density at radius 1 is 1.29 bits per heavy atom. The molecule has 0 spiro atoms. The summed E-state index contributed by atoms with van der Waals surface area (Å²) in [7, 11) is 4.18. The van der Waals surface area contributed by atoms with Gasteiger partial charge in [-0.3, -0.25) is 4.99 Å². The molecule has 21 heavy (non-hydrogen) atoms. The molecular formula is C16H32N4S. The van der Waals surface area contributed by atoms with Crippen molar-refractivity contribution in [1.82, 2.24) is 15.5 Å². The number of hydrogen-bond acceptors (Lipinski definition) is 3. The van der Waals surface area contributed by atoms with Gasteiger partial charge in [-0.15, -0.1) is 0 Å². The van der Waals surface area contributed by atoms with E-state index in [2.05, 4.69) is 47.7 Å². The summed E-state index contributed by atoms with van der Waals surface area (Å²) in [6.45, 7) is 5.46. The zero-order chi connectivity index (χ0) is 15.5. The number of nitrogens with one attached hydrogen (secondary N) is 2. The molecule has 2 aliphatic rings. The van der Waals surface area contributed by atoms with Gasteiger partial charge >= 0.3 is 0 Å². The molecule has 0 aromatic carbocycles. The Balaban J connectivity index is 1.85. The summed E-state index contributed by atoms with van der Waals surface area (Å²) in [5.74, 6) is 0.963. The van der Waals surface area contributed by atoms with E-state index in [4.69, 9.17) is 0 Å². The molecule has 2 heterocycles. The molecule has 2 rings (SSSR count). The Morgan fingerprint density at radius 2 is 1.90 bits per heavy atom. The lowest BCUT2D eigenvalue weighted by Gasteiger charge is -2.47. The van der Waals surface area contributed by atoms with Gasteiger partial charge in [0, 0.05) is 36.5 Å². The van der Waals surface area contributed by atoms with E-state index in [0.717, 1.165) is 24.6 Å². The first-order valence-electron chi connectivity index (χ1n) is 8.19. The zero-order valence-corrected chi connectivity index (χ0v) is 15.1. The second kappa shape index (κ2) is 7.23. The fraction of sp³-hybridized carbons (Fsp3) is 0.938. The van der Waals surface area contributed by atoms with Crippen molar-refractivity contribution < 1.29 is 0 Å². The third kappa shape index (κ3) is 4.52. The molecule has 0 amide bonds. The molecule has 4 nitrogen and oxygen atoms in total. The first-order valence-corrected chi connectivity index (χ1v) is 9.42. The van der Waals surface area contributed by atoms with Crippen LogP contribution in [0.1, 0.15) is 46.0 Å². The molecule has 2 unspecified atom stereocenters. The number of piperidine rings is 2. The van der Waals surface area contributed by atoms with Crippen LogP contribution in [0.2, 0.25) is 0 Å². The van der Waals surface area contributed by atoms with Crippen molar-refractivity contribution in [2.24, 2.45) is 4.99 Å². The van der Waals surface area contributed by atoms with Gasteiger partial charge in [0.1, 0.15) is 0 Å². The number of hydrogen-bond donors (Lipinski definition) is 2. The molecular weight excluding hydrogens is 280 g/mol. The van der Waals surface area contributed by atoms with Gasteiger partial charge in [-0.2, -0.15) is 11.8 Å². The van der Waals surface area contributed by atoms with Gasteiger partial charge in [-0.05, 0) is 52.8 Å². The average molecular weight is 313 g/mol. The maximum absolute atomic E-state index is 4.40. The minimum atomic E-state index is 0.237. The Bertz CT molecular complexity index is 355. The molecule has 0 radical (unpaired) electrons. The van der Waals surface area contributed by atoms with Gasteiger partial charge in [-0.25, -0.2) is 0 Å². The predicted octanol–water partition coefficient (Wildman–Crippen LogP) is 2.31. The molecule has 0 aromatic heterocycles. The molecule has 2 fully saturated rings. The highest BCUT2D eigenvalue weighted by atomic mass is 32.2. The van der Waals surface area contributed by atoms with Gasteiger partial charge in [0.25, 0.3) is 0 Å². The number of aliphatic imine (C=N–C) groups is 1. The number of rotatable bonds is 4. The van der Waals surface area contributed by atoms with E-state index in [-0.39, 0.29) is 4.75 Å². The van der Waals surface area contributed by atoms with Crippen molar-refractivity contribution in [3.63, 3.8) is 0 Å². The quantitative estimate of drug-likeness (QED) is 0.617. The number of guanidine groups is 1. The molecule has 2 N–H and O–H groups in total. The summed E-state index contributed by atoms with van der Waals surface area (Å²) >= 11 is 1.89. The van der Waals surface area contributed by atoms with Crippen molar-refractivity contribution in [2.45, 2.75) is 68.8 Å². The number of thioether (sulfide) groups is 1. The van der Waals surface area contributed by atoms with E-state index in [1.807, 2.05) is 18.8 Å². The summed E-state index contributed by atoms with van der Waals surface area (Å²) in [4.78, 5) is 7.01. The largest absolute Gasteiger partial charge is 0.355 e. The molecule has 2 saturated heterocycles.